The minimum Gasteiger partial charge on any atom is -0.369 e. The van der Waals surface area contributed by atoms with Crippen LogP contribution in [0.5, 0.6) is 0 Å². The number of carbonyl (C=O) groups is 1. The van der Waals surface area contributed by atoms with Crippen LogP contribution in [-0.4, -0.2) is 22.0 Å². The molecule has 0 spiro atoms. The van der Waals surface area contributed by atoms with Crippen molar-refractivity contribution in [3.63, 3.8) is 0 Å². The van der Waals surface area contributed by atoms with Gasteiger partial charge in [-0.2, -0.15) is 0 Å². The van der Waals surface area contributed by atoms with Crippen LogP contribution in [-0.2, 0) is 11.3 Å². The van der Waals surface area contributed by atoms with Gasteiger partial charge in [0.15, 0.2) is 0 Å². The van der Waals surface area contributed by atoms with Crippen LogP contribution in [0.15, 0.2) is 12.4 Å². The average molecular weight is 196 g/mol. The lowest BCUT2D eigenvalue weighted by Crippen LogP contribution is -2.30. The number of amides is 1. The minimum atomic E-state index is -0.0385. The summed E-state index contributed by atoms with van der Waals surface area (Å²) in [4.78, 5) is 15.2. The highest BCUT2D eigenvalue weighted by Crippen LogP contribution is 1.97. The summed E-state index contributed by atoms with van der Waals surface area (Å²) in [5, 5.41) is 2.80. The van der Waals surface area contributed by atoms with Crippen molar-refractivity contribution in [2.75, 3.05) is 12.3 Å². The molecule has 1 rings (SSSR count). The van der Waals surface area contributed by atoms with E-state index in [1.54, 1.807) is 17.0 Å². The largest absolute Gasteiger partial charge is 0.369 e. The highest BCUT2D eigenvalue weighted by atomic mass is 16.1. The van der Waals surface area contributed by atoms with E-state index in [-0.39, 0.29) is 12.5 Å². The van der Waals surface area contributed by atoms with E-state index in [0.717, 1.165) is 0 Å². The topological polar surface area (TPSA) is 72.9 Å². The number of nitrogens with one attached hydrogen (secondary N) is 1. The van der Waals surface area contributed by atoms with E-state index in [9.17, 15) is 4.79 Å². The number of aromatic nitrogens is 2. The lowest BCUT2D eigenvalue weighted by molar-refractivity contribution is -0.121. The smallest absolute Gasteiger partial charge is 0.240 e. The maximum absolute atomic E-state index is 11.4. The summed E-state index contributed by atoms with van der Waals surface area (Å²) < 4.78 is 1.61. The van der Waals surface area contributed by atoms with Crippen molar-refractivity contribution in [2.24, 2.45) is 5.92 Å². The van der Waals surface area contributed by atoms with Crippen LogP contribution in [0.3, 0.4) is 0 Å². The summed E-state index contributed by atoms with van der Waals surface area (Å²) in [6, 6.07) is 0. The van der Waals surface area contributed by atoms with Gasteiger partial charge in [-0.1, -0.05) is 13.8 Å². The second kappa shape index (κ2) is 4.64. The third kappa shape index (κ3) is 3.08. The zero-order chi connectivity index (χ0) is 10.6. The molecule has 0 aliphatic heterocycles. The zero-order valence-electron chi connectivity index (χ0n) is 8.53. The van der Waals surface area contributed by atoms with E-state index >= 15 is 0 Å². The number of nitrogen functional groups attached to an aromatic ring is 1. The third-order valence-corrected chi connectivity index (χ3v) is 1.77. The van der Waals surface area contributed by atoms with E-state index in [4.69, 9.17) is 5.73 Å². The van der Waals surface area contributed by atoms with Gasteiger partial charge in [-0.05, 0) is 5.92 Å². The fraction of sp³-hybridized carbons (Fsp3) is 0.556. The Bertz CT molecular complexity index is 306. The van der Waals surface area contributed by atoms with Crippen LogP contribution in [0, 0.1) is 5.92 Å². The second-order valence-corrected chi connectivity index (χ2v) is 3.61. The number of rotatable bonds is 4. The molecule has 0 bridgehead atoms. The normalized spacial score (nSPS) is 10.5. The Kier molecular flexibility index (Phi) is 3.50. The summed E-state index contributed by atoms with van der Waals surface area (Å²) >= 11 is 0. The first-order valence-corrected chi connectivity index (χ1v) is 4.63. The monoisotopic (exact) mass is 196 g/mol. The molecule has 1 amide bonds. The molecule has 14 heavy (non-hydrogen) atoms. The molecular weight excluding hydrogens is 180 g/mol. The molecule has 0 aliphatic rings. The molecule has 1 aromatic heterocycles. The predicted octanol–water partition coefficient (Wildman–Crippen LogP) is 0.237. The van der Waals surface area contributed by atoms with Gasteiger partial charge in [0.1, 0.15) is 6.54 Å². The van der Waals surface area contributed by atoms with Crippen molar-refractivity contribution < 1.29 is 4.79 Å². The lowest BCUT2D eigenvalue weighted by Gasteiger charge is -2.08. The van der Waals surface area contributed by atoms with Crippen LogP contribution >= 0.6 is 0 Å². The average Bonchev–Trinajstić information content (AvgIpc) is 2.49. The van der Waals surface area contributed by atoms with Gasteiger partial charge in [0.2, 0.25) is 11.9 Å². The van der Waals surface area contributed by atoms with E-state index in [0.29, 0.717) is 18.4 Å². The molecule has 1 aromatic rings. The molecule has 0 saturated heterocycles. The number of nitrogens with zero attached hydrogens (tertiary/aromatic N) is 2. The highest BCUT2D eigenvalue weighted by Gasteiger charge is 2.05. The Hall–Kier alpha value is -1.52. The Labute approximate surface area is 83.3 Å². The van der Waals surface area contributed by atoms with Crippen molar-refractivity contribution in [3.8, 4) is 0 Å². The Morgan fingerprint density at radius 1 is 1.71 bits per heavy atom. The maximum Gasteiger partial charge on any atom is 0.240 e. The van der Waals surface area contributed by atoms with E-state index in [1.807, 2.05) is 13.8 Å². The summed E-state index contributed by atoms with van der Waals surface area (Å²) in [5.41, 5.74) is 5.52. The van der Waals surface area contributed by atoms with Gasteiger partial charge in [0, 0.05) is 18.9 Å². The van der Waals surface area contributed by atoms with E-state index in [1.165, 1.54) is 0 Å². The molecule has 1 heterocycles. The fourth-order valence-corrected chi connectivity index (χ4v) is 1.00. The molecule has 0 unspecified atom stereocenters. The lowest BCUT2D eigenvalue weighted by atomic mass is 10.2. The molecule has 0 radical (unpaired) electrons. The van der Waals surface area contributed by atoms with Crippen molar-refractivity contribution in [3.05, 3.63) is 12.4 Å². The molecular formula is C9H16N4O. The minimum absolute atomic E-state index is 0.0385. The molecule has 3 N–H and O–H groups in total. The summed E-state index contributed by atoms with van der Waals surface area (Å²) in [7, 11) is 0. The van der Waals surface area contributed by atoms with Crippen LogP contribution in [0.1, 0.15) is 13.8 Å². The Balaban J connectivity index is 2.38. The molecule has 0 aliphatic carbocycles. The molecule has 0 saturated carbocycles. The van der Waals surface area contributed by atoms with Crippen LogP contribution in [0.4, 0.5) is 5.95 Å². The molecule has 78 valence electrons. The molecule has 5 nitrogen and oxygen atoms in total. The predicted molar refractivity (Wildman–Crippen MR) is 54.5 cm³/mol. The summed E-state index contributed by atoms with van der Waals surface area (Å²) in [5.74, 6) is 0.784. The number of hydrogen-bond donors (Lipinski definition) is 2. The standard InChI is InChI=1S/C9H16N4O/c1-7(2)5-12-8(14)6-13-4-3-11-9(13)10/h3-4,7H,5-6H2,1-2H3,(H2,10,11)(H,12,14). The number of imidazole rings is 1. The van der Waals surface area contributed by atoms with Crippen LogP contribution < -0.4 is 11.1 Å². The molecule has 0 atom stereocenters. The van der Waals surface area contributed by atoms with Gasteiger partial charge in [0.05, 0.1) is 0 Å². The van der Waals surface area contributed by atoms with Gasteiger partial charge < -0.3 is 15.6 Å². The van der Waals surface area contributed by atoms with Crippen molar-refractivity contribution in [1.82, 2.24) is 14.9 Å². The number of hydrogen-bond acceptors (Lipinski definition) is 3. The first-order chi connectivity index (χ1) is 6.59. The molecule has 0 fully saturated rings. The van der Waals surface area contributed by atoms with Gasteiger partial charge in [-0.25, -0.2) is 4.98 Å². The van der Waals surface area contributed by atoms with Gasteiger partial charge >= 0.3 is 0 Å². The first-order valence-electron chi connectivity index (χ1n) is 4.63. The second-order valence-electron chi connectivity index (χ2n) is 3.61. The molecule has 0 aromatic carbocycles. The van der Waals surface area contributed by atoms with Gasteiger partial charge in [-0.15, -0.1) is 0 Å². The Morgan fingerprint density at radius 2 is 2.43 bits per heavy atom. The quantitative estimate of drug-likeness (QED) is 0.724. The van der Waals surface area contributed by atoms with Crippen LogP contribution in [0.25, 0.3) is 0 Å². The molecule has 5 heteroatoms. The summed E-state index contributed by atoms with van der Waals surface area (Å²) in [6.07, 6.45) is 3.26. The van der Waals surface area contributed by atoms with Gasteiger partial charge in [0.25, 0.3) is 0 Å². The van der Waals surface area contributed by atoms with Crippen LogP contribution in [0.2, 0.25) is 0 Å². The summed E-state index contributed by atoms with van der Waals surface area (Å²) in [6.45, 7) is 5.02. The van der Waals surface area contributed by atoms with Crippen molar-refractivity contribution in [1.29, 1.82) is 0 Å². The maximum atomic E-state index is 11.4. The third-order valence-electron chi connectivity index (χ3n) is 1.77. The van der Waals surface area contributed by atoms with E-state index < -0.39 is 0 Å². The first kappa shape index (κ1) is 10.6. The van der Waals surface area contributed by atoms with Crippen molar-refractivity contribution >= 4 is 11.9 Å². The number of carbonyl (C=O) groups excluding carboxylic acids is 1. The zero-order valence-corrected chi connectivity index (χ0v) is 8.53. The van der Waals surface area contributed by atoms with Crippen molar-refractivity contribution in [2.45, 2.75) is 20.4 Å². The Morgan fingerprint density at radius 3 is 2.93 bits per heavy atom. The number of nitrogens with two attached hydrogens (primary N) is 1. The van der Waals surface area contributed by atoms with E-state index in [2.05, 4.69) is 10.3 Å². The SMILES string of the molecule is CC(C)CNC(=O)Cn1ccnc1N. The number of anilines is 1. The highest BCUT2D eigenvalue weighted by molar-refractivity contribution is 5.76. The fourth-order valence-electron chi connectivity index (χ4n) is 1.00. The van der Waals surface area contributed by atoms with Gasteiger partial charge in [-0.3, -0.25) is 4.79 Å².